The van der Waals surface area contributed by atoms with Gasteiger partial charge in [0, 0.05) is 19.5 Å². The van der Waals surface area contributed by atoms with E-state index in [4.69, 9.17) is 5.26 Å². The summed E-state index contributed by atoms with van der Waals surface area (Å²) in [5.41, 5.74) is 0.271. The Balaban J connectivity index is 2.29. The summed E-state index contributed by atoms with van der Waals surface area (Å²) in [6.07, 6.45) is 1.85. The number of nitro benzene ring substituents is 1. The first kappa shape index (κ1) is 18.6. The molecule has 0 aliphatic heterocycles. The van der Waals surface area contributed by atoms with Gasteiger partial charge in [0.25, 0.3) is 17.5 Å². The van der Waals surface area contributed by atoms with E-state index in [1.54, 1.807) is 30.5 Å². The molecule has 0 saturated heterocycles. The summed E-state index contributed by atoms with van der Waals surface area (Å²) < 4.78 is 0. The lowest BCUT2D eigenvalue weighted by atomic mass is 10.0. The number of amides is 2. The molecule has 2 amide bonds. The van der Waals surface area contributed by atoms with Crippen LogP contribution < -0.4 is 5.32 Å². The lowest BCUT2D eigenvalue weighted by Gasteiger charge is -2.20. The average Bonchev–Trinajstić information content (AvgIpc) is 2.66. The number of benzene rings is 2. The van der Waals surface area contributed by atoms with Crippen molar-refractivity contribution in [1.29, 1.82) is 5.26 Å². The summed E-state index contributed by atoms with van der Waals surface area (Å²) in [5.74, 6) is -1.36. The van der Waals surface area contributed by atoms with Crippen molar-refractivity contribution in [3.8, 4) is 6.19 Å². The van der Waals surface area contributed by atoms with E-state index in [0.717, 1.165) is 10.5 Å². The van der Waals surface area contributed by atoms with Crippen LogP contribution in [0.3, 0.4) is 0 Å². The highest BCUT2D eigenvalue weighted by molar-refractivity contribution is 6.00. The maximum absolute atomic E-state index is 12.5. The van der Waals surface area contributed by atoms with Gasteiger partial charge in [-0.15, -0.1) is 0 Å². The Labute approximate surface area is 149 Å². The molecule has 2 aromatic carbocycles. The molecular weight excluding hydrogens is 336 g/mol. The molecule has 2 rings (SSSR count). The van der Waals surface area contributed by atoms with Gasteiger partial charge in [-0.3, -0.25) is 24.6 Å². The van der Waals surface area contributed by atoms with Gasteiger partial charge in [0.1, 0.15) is 11.6 Å². The Morgan fingerprint density at radius 2 is 1.81 bits per heavy atom. The number of likely N-dealkylation sites (N-methyl/N-ethyl adjacent to an activating group) is 1. The molecule has 0 fully saturated rings. The maximum atomic E-state index is 12.5. The number of nitrogens with one attached hydrogen (secondary N) is 1. The summed E-state index contributed by atoms with van der Waals surface area (Å²) in [6, 6.07) is 13.4. The zero-order valence-corrected chi connectivity index (χ0v) is 14.0. The van der Waals surface area contributed by atoms with Crippen LogP contribution >= 0.6 is 0 Å². The lowest BCUT2D eigenvalue weighted by Crippen LogP contribution is -2.47. The molecule has 0 aromatic heterocycles. The molecule has 26 heavy (non-hydrogen) atoms. The van der Waals surface area contributed by atoms with Gasteiger partial charge >= 0.3 is 0 Å². The number of para-hydroxylation sites is 1. The van der Waals surface area contributed by atoms with Crippen LogP contribution in [0.25, 0.3) is 0 Å². The van der Waals surface area contributed by atoms with E-state index in [-0.39, 0.29) is 17.7 Å². The zero-order chi connectivity index (χ0) is 19.1. The molecule has 0 spiro atoms. The van der Waals surface area contributed by atoms with Crippen LogP contribution in [-0.2, 0) is 11.2 Å². The Morgan fingerprint density at radius 1 is 1.19 bits per heavy atom. The second kappa shape index (κ2) is 8.39. The number of nitrogens with zero attached hydrogens (tertiary/aromatic N) is 3. The molecule has 132 valence electrons. The van der Waals surface area contributed by atoms with Gasteiger partial charge in [-0.1, -0.05) is 42.5 Å². The van der Waals surface area contributed by atoms with Gasteiger partial charge in [-0.25, -0.2) is 0 Å². The van der Waals surface area contributed by atoms with Gasteiger partial charge in [-0.2, -0.15) is 5.26 Å². The van der Waals surface area contributed by atoms with Gasteiger partial charge < -0.3 is 5.32 Å². The average molecular weight is 352 g/mol. The van der Waals surface area contributed by atoms with Gasteiger partial charge in [0.05, 0.1) is 4.92 Å². The molecule has 0 saturated carbocycles. The molecule has 8 nitrogen and oxygen atoms in total. The number of nitriles is 1. The molecule has 0 aliphatic rings. The normalized spacial score (nSPS) is 11.1. The van der Waals surface area contributed by atoms with E-state index >= 15 is 0 Å². The molecular formula is C18H16N4O4. The van der Waals surface area contributed by atoms with Crippen molar-refractivity contribution in [3.63, 3.8) is 0 Å². The predicted octanol–water partition coefficient (Wildman–Crippen LogP) is 1.88. The zero-order valence-electron chi connectivity index (χ0n) is 14.0. The minimum atomic E-state index is -1.03. The molecule has 2 aromatic rings. The van der Waals surface area contributed by atoms with Crippen LogP contribution in [0.5, 0.6) is 0 Å². The van der Waals surface area contributed by atoms with Crippen LogP contribution in [0, 0.1) is 21.6 Å². The SMILES string of the molecule is CN(C#N)C(=O)C(Cc1ccccc1)NC(=O)c1ccccc1[N+](=O)[O-]. The Hall–Kier alpha value is -3.73. The highest BCUT2D eigenvalue weighted by Gasteiger charge is 2.27. The van der Waals surface area contributed by atoms with Crippen LogP contribution in [-0.4, -0.2) is 34.7 Å². The molecule has 0 bridgehead atoms. The van der Waals surface area contributed by atoms with Gasteiger partial charge in [0.15, 0.2) is 6.19 Å². The number of nitro groups is 1. The van der Waals surface area contributed by atoms with Crippen molar-refractivity contribution in [1.82, 2.24) is 10.2 Å². The quantitative estimate of drug-likeness (QED) is 0.369. The second-order valence-electron chi connectivity index (χ2n) is 5.49. The van der Waals surface area contributed by atoms with E-state index in [1.165, 1.54) is 31.3 Å². The molecule has 1 N–H and O–H groups in total. The van der Waals surface area contributed by atoms with E-state index in [9.17, 15) is 19.7 Å². The Bertz CT molecular complexity index is 861. The third kappa shape index (κ3) is 4.42. The van der Waals surface area contributed by atoms with Crippen molar-refractivity contribution >= 4 is 17.5 Å². The van der Waals surface area contributed by atoms with Crippen LogP contribution in [0.2, 0.25) is 0 Å². The van der Waals surface area contributed by atoms with Crippen LogP contribution in [0.15, 0.2) is 54.6 Å². The fourth-order valence-corrected chi connectivity index (χ4v) is 2.39. The standard InChI is InChI=1S/C18H16N4O4/c1-21(12-19)18(24)15(11-13-7-3-2-4-8-13)20-17(23)14-9-5-6-10-16(14)22(25)26/h2-10,15H,11H2,1H3,(H,20,23). The van der Waals surface area contributed by atoms with Crippen molar-refractivity contribution in [2.24, 2.45) is 0 Å². The fourth-order valence-electron chi connectivity index (χ4n) is 2.39. The summed E-state index contributed by atoms with van der Waals surface area (Å²) in [4.78, 5) is 36.2. The highest BCUT2D eigenvalue weighted by atomic mass is 16.6. The Kier molecular flexibility index (Phi) is 6.01. The number of carbonyl (C=O) groups is 2. The van der Waals surface area contributed by atoms with Crippen molar-refractivity contribution < 1.29 is 14.5 Å². The van der Waals surface area contributed by atoms with Crippen molar-refractivity contribution in [3.05, 3.63) is 75.8 Å². The first-order valence-electron chi connectivity index (χ1n) is 7.69. The highest BCUT2D eigenvalue weighted by Crippen LogP contribution is 2.18. The van der Waals surface area contributed by atoms with Crippen LogP contribution in [0.4, 0.5) is 5.69 Å². The molecule has 8 heteroatoms. The third-order valence-electron chi connectivity index (χ3n) is 3.71. The maximum Gasteiger partial charge on any atom is 0.282 e. The molecule has 1 unspecified atom stereocenters. The topological polar surface area (TPSA) is 116 Å². The number of carbonyl (C=O) groups excluding carboxylic acids is 2. The summed E-state index contributed by atoms with van der Waals surface area (Å²) in [6.45, 7) is 0. The first-order chi connectivity index (χ1) is 12.4. The monoisotopic (exact) mass is 352 g/mol. The largest absolute Gasteiger partial charge is 0.340 e. The minimum absolute atomic E-state index is 0.150. The molecule has 1 atom stereocenters. The number of hydrogen-bond donors (Lipinski definition) is 1. The van der Waals surface area contributed by atoms with E-state index < -0.39 is 22.8 Å². The predicted molar refractivity (Wildman–Crippen MR) is 92.9 cm³/mol. The van der Waals surface area contributed by atoms with Gasteiger partial charge in [0.2, 0.25) is 0 Å². The van der Waals surface area contributed by atoms with Crippen molar-refractivity contribution in [2.45, 2.75) is 12.5 Å². The summed E-state index contributed by atoms with van der Waals surface area (Å²) in [5, 5.41) is 22.5. The van der Waals surface area contributed by atoms with E-state index in [0.29, 0.717) is 0 Å². The fraction of sp³-hybridized carbons (Fsp3) is 0.167. The summed E-state index contributed by atoms with van der Waals surface area (Å²) >= 11 is 0. The first-order valence-corrected chi connectivity index (χ1v) is 7.69. The van der Waals surface area contributed by atoms with Crippen molar-refractivity contribution in [2.75, 3.05) is 7.05 Å². The lowest BCUT2D eigenvalue weighted by molar-refractivity contribution is -0.385. The molecule has 0 aliphatic carbocycles. The second-order valence-corrected chi connectivity index (χ2v) is 5.49. The molecule has 0 heterocycles. The number of rotatable bonds is 6. The van der Waals surface area contributed by atoms with E-state index in [2.05, 4.69) is 5.32 Å². The van der Waals surface area contributed by atoms with Gasteiger partial charge in [-0.05, 0) is 11.6 Å². The molecule has 0 radical (unpaired) electrons. The third-order valence-corrected chi connectivity index (χ3v) is 3.71. The van der Waals surface area contributed by atoms with Crippen LogP contribution in [0.1, 0.15) is 15.9 Å². The minimum Gasteiger partial charge on any atom is -0.340 e. The number of hydrogen-bond acceptors (Lipinski definition) is 5. The van der Waals surface area contributed by atoms with E-state index in [1.807, 2.05) is 6.07 Å². The summed E-state index contributed by atoms with van der Waals surface area (Å²) in [7, 11) is 1.29. The smallest absolute Gasteiger partial charge is 0.282 e. The Morgan fingerprint density at radius 3 is 2.42 bits per heavy atom.